The van der Waals surface area contributed by atoms with E-state index in [2.05, 4.69) is 15.6 Å². The predicted octanol–water partition coefficient (Wildman–Crippen LogP) is 4.67. The molecule has 39 heavy (non-hydrogen) atoms. The van der Waals surface area contributed by atoms with E-state index in [0.717, 1.165) is 5.56 Å². The lowest BCUT2D eigenvalue weighted by molar-refractivity contribution is -0.127. The minimum absolute atomic E-state index is 0.0470. The Morgan fingerprint density at radius 2 is 1.62 bits per heavy atom. The molecule has 0 aliphatic rings. The molecule has 1 atom stereocenters. The van der Waals surface area contributed by atoms with Gasteiger partial charge in [0.15, 0.2) is 0 Å². The fourth-order valence-electron chi connectivity index (χ4n) is 4.46. The molecule has 9 heteroatoms. The lowest BCUT2D eigenvalue weighted by atomic mass is 10.0. The molecule has 5 aromatic rings. The largest absolute Gasteiger partial charge is 0.495 e. The van der Waals surface area contributed by atoms with E-state index in [0.29, 0.717) is 22.5 Å². The number of methoxy groups -OCH3 is 1. The van der Waals surface area contributed by atoms with Gasteiger partial charge in [0.25, 0.3) is 0 Å². The molecule has 4 aromatic carbocycles. The Hall–Kier alpha value is -5.05. The van der Waals surface area contributed by atoms with Crippen LogP contribution >= 0.6 is 0 Å². The SMILES string of the molecule is COc1ccccc1N(C(=O)Cn1nnc2ccccc21)[C@@H](C(=O)NCc1ccccc1)c1ccccc1F. The molecule has 0 saturated heterocycles. The second kappa shape index (κ2) is 11.6. The summed E-state index contributed by atoms with van der Waals surface area (Å²) in [5, 5.41) is 11.1. The highest BCUT2D eigenvalue weighted by Crippen LogP contribution is 2.36. The van der Waals surface area contributed by atoms with Crippen LogP contribution in [0.15, 0.2) is 103 Å². The second-order valence-corrected chi connectivity index (χ2v) is 8.80. The molecule has 5 rings (SSSR count). The van der Waals surface area contributed by atoms with Gasteiger partial charge in [-0.3, -0.25) is 14.5 Å². The van der Waals surface area contributed by atoms with Gasteiger partial charge in [0.1, 0.15) is 29.7 Å². The van der Waals surface area contributed by atoms with Gasteiger partial charge in [0.05, 0.1) is 18.3 Å². The summed E-state index contributed by atoms with van der Waals surface area (Å²) in [5.74, 6) is -1.31. The Morgan fingerprint density at radius 1 is 0.923 bits per heavy atom. The fourth-order valence-corrected chi connectivity index (χ4v) is 4.46. The molecule has 0 bridgehead atoms. The zero-order valence-corrected chi connectivity index (χ0v) is 21.2. The second-order valence-electron chi connectivity index (χ2n) is 8.80. The van der Waals surface area contributed by atoms with Crippen molar-refractivity contribution in [1.29, 1.82) is 0 Å². The third-order valence-corrected chi connectivity index (χ3v) is 6.33. The first-order chi connectivity index (χ1) is 19.1. The smallest absolute Gasteiger partial charge is 0.249 e. The van der Waals surface area contributed by atoms with Crippen LogP contribution in [0, 0.1) is 5.82 Å². The van der Waals surface area contributed by atoms with Crippen LogP contribution in [0.5, 0.6) is 5.75 Å². The van der Waals surface area contributed by atoms with Gasteiger partial charge in [0, 0.05) is 12.1 Å². The van der Waals surface area contributed by atoms with E-state index < -0.39 is 23.7 Å². The van der Waals surface area contributed by atoms with E-state index in [9.17, 15) is 9.59 Å². The van der Waals surface area contributed by atoms with Gasteiger partial charge < -0.3 is 10.1 Å². The monoisotopic (exact) mass is 523 g/mol. The molecule has 0 saturated carbocycles. The maximum atomic E-state index is 15.3. The van der Waals surface area contributed by atoms with Gasteiger partial charge in [0.2, 0.25) is 11.8 Å². The Balaban J connectivity index is 1.59. The van der Waals surface area contributed by atoms with Crippen LogP contribution in [0.2, 0.25) is 0 Å². The Kier molecular flexibility index (Phi) is 7.58. The van der Waals surface area contributed by atoms with E-state index in [-0.39, 0.29) is 18.7 Å². The first-order valence-electron chi connectivity index (χ1n) is 12.4. The van der Waals surface area contributed by atoms with Gasteiger partial charge in [-0.1, -0.05) is 78.0 Å². The summed E-state index contributed by atoms with van der Waals surface area (Å²) in [6.07, 6.45) is 0. The number of nitrogens with one attached hydrogen (secondary N) is 1. The molecule has 1 heterocycles. The van der Waals surface area contributed by atoms with Gasteiger partial charge in [-0.2, -0.15) is 0 Å². The fraction of sp³-hybridized carbons (Fsp3) is 0.133. The van der Waals surface area contributed by atoms with Gasteiger partial charge in [-0.05, 0) is 35.9 Å². The first-order valence-corrected chi connectivity index (χ1v) is 12.4. The van der Waals surface area contributed by atoms with Crippen molar-refractivity contribution in [3.05, 3.63) is 120 Å². The van der Waals surface area contributed by atoms with Crippen LogP contribution in [-0.4, -0.2) is 33.9 Å². The first kappa shape index (κ1) is 25.6. The number of amides is 2. The number of halogens is 1. The normalized spacial score (nSPS) is 11.6. The molecule has 196 valence electrons. The average Bonchev–Trinajstić information content (AvgIpc) is 3.38. The van der Waals surface area contributed by atoms with Crippen molar-refractivity contribution in [1.82, 2.24) is 20.3 Å². The third-order valence-electron chi connectivity index (χ3n) is 6.33. The minimum atomic E-state index is -1.34. The summed E-state index contributed by atoms with van der Waals surface area (Å²) in [6.45, 7) is -0.0399. The van der Waals surface area contributed by atoms with Crippen LogP contribution in [-0.2, 0) is 22.7 Å². The Bertz CT molecular complexity index is 1600. The number of benzene rings is 4. The molecule has 0 aliphatic carbocycles. The van der Waals surface area contributed by atoms with Crippen LogP contribution in [0.1, 0.15) is 17.2 Å². The van der Waals surface area contributed by atoms with Crippen molar-refractivity contribution in [2.24, 2.45) is 0 Å². The summed E-state index contributed by atoms with van der Waals surface area (Å²) in [6, 6.07) is 28.0. The molecule has 1 N–H and O–H groups in total. The third kappa shape index (κ3) is 5.47. The number of nitrogens with zero attached hydrogens (tertiary/aromatic N) is 4. The standard InChI is InChI=1S/C30H26FN5O3/c1-39-27-18-10-9-17-26(27)36(28(37)20-35-25-16-8-7-15-24(25)33-34-35)29(22-13-5-6-14-23(22)31)30(38)32-19-21-11-3-2-4-12-21/h2-18,29H,19-20H2,1H3,(H,32,38)/t29-/m1/s1. The highest BCUT2D eigenvalue weighted by molar-refractivity contribution is 6.02. The van der Waals surface area contributed by atoms with Crippen molar-refractivity contribution in [2.45, 2.75) is 19.1 Å². The van der Waals surface area contributed by atoms with Gasteiger partial charge in [-0.15, -0.1) is 5.10 Å². The molecule has 0 spiro atoms. The summed E-state index contributed by atoms with van der Waals surface area (Å²) < 4.78 is 22.3. The van der Waals surface area contributed by atoms with Crippen molar-refractivity contribution >= 4 is 28.5 Å². The Morgan fingerprint density at radius 3 is 2.41 bits per heavy atom. The van der Waals surface area contributed by atoms with Crippen LogP contribution in [0.4, 0.5) is 10.1 Å². The molecule has 0 fully saturated rings. The quantitative estimate of drug-likeness (QED) is 0.303. The molecule has 8 nitrogen and oxygen atoms in total. The molecule has 1 aromatic heterocycles. The minimum Gasteiger partial charge on any atom is -0.495 e. The molecule has 2 amide bonds. The highest BCUT2D eigenvalue weighted by atomic mass is 19.1. The van der Waals surface area contributed by atoms with E-state index >= 15 is 4.39 Å². The summed E-state index contributed by atoms with van der Waals surface area (Å²) >= 11 is 0. The van der Waals surface area contributed by atoms with E-state index in [1.807, 2.05) is 42.5 Å². The number of ether oxygens (including phenoxy) is 1. The van der Waals surface area contributed by atoms with Gasteiger partial charge in [-0.25, -0.2) is 9.07 Å². The summed E-state index contributed by atoms with van der Waals surface area (Å²) in [7, 11) is 1.47. The topological polar surface area (TPSA) is 89.3 Å². The van der Waals surface area contributed by atoms with E-state index in [1.165, 1.54) is 34.9 Å². The number of carbonyl (C=O) groups excluding carboxylic acids is 2. The summed E-state index contributed by atoms with van der Waals surface area (Å²) in [4.78, 5) is 29.2. The van der Waals surface area contributed by atoms with Crippen molar-refractivity contribution in [3.8, 4) is 5.75 Å². The van der Waals surface area contributed by atoms with Crippen molar-refractivity contribution in [2.75, 3.05) is 12.0 Å². The molecular formula is C30H26FN5O3. The van der Waals surface area contributed by atoms with Crippen LogP contribution in [0.25, 0.3) is 11.0 Å². The molecular weight excluding hydrogens is 497 g/mol. The maximum absolute atomic E-state index is 15.3. The lowest BCUT2D eigenvalue weighted by Gasteiger charge is -2.32. The predicted molar refractivity (Wildman–Crippen MR) is 145 cm³/mol. The zero-order chi connectivity index (χ0) is 27.2. The number of carbonyl (C=O) groups is 2. The highest BCUT2D eigenvalue weighted by Gasteiger charge is 2.36. The number of fused-ring (bicyclic) bond motifs is 1. The van der Waals surface area contributed by atoms with E-state index in [4.69, 9.17) is 4.74 Å². The van der Waals surface area contributed by atoms with Gasteiger partial charge >= 0.3 is 0 Å². The van der Waals surface area contributed by atoms with E-state index in [1.54, 1.807) is 42.5 Å². The van der Waals surface area contributed by atoms with Crippen LogP contribution < -0.4 is 15.0 Å². The van der Waals surface area contributed by atoms with Crippen molar-refractivity contribution < 1.29 is 18.7 Å². The average molecular weight is 524 g/mol. The number of hydrogen-bond donors (Lipinski definition) is 1. The maximum Gasteiger partial charge on any atom is 0.249 e. The zero-order valence-electron chi connectivity index (χ0n) is 21.2. The van der Waals surface area contributed by atoms with Crippen molar-refractivity contribution in [3.63, 3.8) is 0 Å². The molecule has 0 radical (unpaired) electrons. The number of anilines is 1. The molecule has 0 aliphatic heterocycles. The number of para-hydroxylation sites is 3. The number of hydrogen-bond acceptors (Lipinski definition) is 5. The van der Waals surface area contributed by atoms with Crippen LogP contribution in [0.3, 0.4) is 0 Å². The Labute approximate surface area is 224 Å². The lowest BCUT2D eigenvalue weighted by Crippen LogP contribution is -2.45. The summed E-state index contributed by atoms with van der Waals surface area (Å²) in [5.41, 5.74) is 2.51. The number of rotatable bonds is 9. The number of aromatic nitrogens is 3. The molecule has 0 unspecified atom stereocenters.